The lowest BCUT2D eigenvalue weighted by Crippen LogP contribution is -1.79. The summed E-state index contributed by atoms with van der Waals surface area (Å²) in [5, 5.41) is 6.74. The molecule has 0 saturated heterocycles. The molecule has 0 heterocycles. The maximum atomic E-state index is 6.74. The normalized spacial score (nSPS) is 13.0. The maximum absolute atomic E-state index is 6.74. The third-order valence-corrected chi connectivity index (χ3v) is 1.05. The molecule has 0 aromatic rings. The number of rotatable bonds is 3. The molecule has 0 unspecified atom stereocenters. The zero-order chi connectivity index (χ0) is 7.98. The highest BCUT2D eigenvalue weighted by atomic mass is 14.3. The van der Waals surface area contributed by atoms with Gasteiger partial charge in [-0.2, -0.15) is 0 Å². The van der Waals surface area contributed by atoms with E-state index in [-0.39, 0.29) is 0 Å². The molecule has 0 spiro atoms. The summed E-state index contributed by atoms with van der Waals surface area (Å²) in [5.41, 5.74) is 1.22. The first-order chi connectivity index (χ1) is 4.66. The smallest absolute Gasteiger partial charge is 0.0177 e. The van der Waals surface area contributed by atoms with Crippen molar-refractivity contribution in [3.8, 4) is 0 Å². The highest BCUT2D eigenvalue weighted by Crippen LogP contribution is 2.01. The van der Waals surface area contributed by atoms with Crippen molar-refractivity contribution in [3.63, 3.8) is 0 Å². The van der Waals surface area contributed by atoms with E-state index < -0.39 is 0 Å². The van der Waals surface area contributed by atoms with Crippen molar-refractivity contribution in [2.75, 3.05) is 0 Å². The summed E-state index contributed by atoms with van der Waals surface area (Å²) in [4.78, 5) is 0. The molecule has 0 aromatic heterocycles. The van der Waals surface area contributed by atoms with Gasteiger partial charge in [-0.3, -0.25) is 0 Å². The highest BCUT2D eigenvalue weighted by molar-refractivity contribution is 5.68. The summed E-state index contributed by atoms with van der Waals surface area (Å²) in [5.74, 6) is 0.593. The second-order valence-corrected chi connectivity index (χ2v) is 2.68. The average Bonchev–Trinajstić information content (AvgIpc) is 1.82. The molecule has 0 atom stereocenters. The largest absolute Gasteiger partial charge is 0.309 e. The minimum atomic E-state index is 0.593. The first-order valence-electron chi connectivity index (χ1n) is 3.52. The molecule has 0 saturated carbocycles. The van der Waals surface area contributed by atoms with Crippen LogP contribution in [0.4, 0.5) is 0 Å². The second-order valence-electron chi connectivity index (χ2n) is 2.68. The first-order valence-corrected chi connectivity index (χ1v) is 3.52. The molecule has 0 aliphatic heterocycles. The molecule has 0 aromatic carbocycles. The fraction of sp³-hybridized carbons (Fsp3) is 0.444. The van der Waals surface area contributed by atoms with Crippen LogP contribution in [-0.4, -0.2) is 6.21 Å². The number of hydrogen-bond acceptors (Lipinski definition) is 1. The zero-order valence-electron chi connectivity index (χ0n) is 6.89. The summed E-state index contributed by atoms with van der Waals surface area (Å²) in [6.07, 6.45) is 7.12. The van der Waals surface area contributed by atoms with Crippen LogP contribution in [0.15, 0.2) is 23.8 Å². The van der Waals surface area contributed by atoms with E-state index in [0.717, 1.165) is 0 Å². The number of hydrogen-bond donors (Lipinski definition) is 1. The predicted octanol–water partition coefficient (Wildman–Crippen LogP) is 2.79. The SMILES string of the molecule is CC(/C=C\C=N)=C/C(C)C. The van der Waals surface area contributed by atoms with Gasteiger partial charge >= 0.3 is 0 Å². The van der Waals surface area contributed by atoms with Crippen LogP contribution >= 0.6 is 0 Å². The monoisotopic (exact) mass is 137 g/mol. The average molecular weight is 137 g/mol. The summed E-state index contributed by atoms with van der Waals surface area (Å²) >= 11 is 0. The van der Waals surface area contributed by atoms with Gasteiger partial charge in [0.25, 0.3) is 0 Å². The Kier molecular flexibility index (Phi) is 4.55. The van der Waals surface area contributed by atoms with E-state index in [0.29, 0.717) is 5.92 Å². The first kappa shape index (κ1) is 9.15. The third kappa shape index (κ3) is 5.29. The van der Waals surface area contributed by atoms with Gasteiger partial charge in [0.1, 0.15) is 0 Å². The lowest BCUT2D eigenvalue weighted by atomic mass is 10.1. The lowest BCUT2D eigenvalue weighted by Gasteiger charge is -1.95. The van der Waals surface area contributed by atoms with Crippen molar-refractivity contribution in [3.05, 3.63) is 23.8 Å². The Morgan fingerprint density at radius 1 is 1.40 bits per heavy atom. The van der Waals surface area contributed by atoms with E-state index >= 15 is 0 Å². The van der Waals surface area contributed by atoms with Gasteiger partial charge in [-0.05, 0) is 18.9 Å². The molecule has 1 nitrogen and oxygen atoms in total. The van der Waals surface area contributed by atoms with E-state index in [2.05, 4.69) is 19.9 Å². The fourth-order valence-corrected chi connectivity index (χ4v) is 0.781. The van der Waals surface area contributed by atoms with E-state index in [1.807, 2.05) is 13.0 Å². The Balaban J connectivity index is 3.93. The van der Waals surface area contributed by atoms with Gasteiger partial charge in [-0.25, -0.2) is 0 Å². The molecule has 1 heteroatoms. The van der Waals surface area contributed by atoms with Crippen LogP contribution < -0.4 is 0 Å². The molecular formula is C9H15N. The van der Waals surface area contributed by atoms with Crippen LogP contribution in [0.3, 0.4) is 0 Å². The highest BCUT2D eigenvalue weighted by Gasteiger charge is 1.85. The van der Waals surface area contributed by atoms with Gasteiger partial charge in [-0.1, -0.05) is 31.6 Å². The molecule has 0 fully saturated rings. The summed E-state index contributed by atoms with van der Waals surface area (Å²) < 4.78 is 0. The Hall–Kier alpha value is -0.850. The van der Waals surface area contributed by atoms with Crippen LogP contribution in [0, 0.1) is 11.3 Å². The Bertz CT molecular complexity index is 152. The van der Waals surface area contributed by atoms with Gasteiger partial charge in [0, 0.05) is 6.21 Å². The maximum Gasteiger partial charge on any atom is 0.0177 e. The van der Waals surface area contributed by atoms with E-state index in [1.54, 1.807) is 6.08 Å². The van der Waals surface area contributed by atoms with E-state index in [9.17, 15) is 0 Å². The van der Waals surface area contributed by atoms with Gasteiger partial charge in [0.05, 0.1) is 0 Å². The quantitative estimate of drug-likeness (QED) is 0.457. The Labute approximate surface area is 63.0 Å². The molecule has 56 valence electrons. The topological polar surface area (TPSA) is 23.9 Å². The van der Waals surface area contributed by atoms with Crippen LogP contribution in [0.25, 0.3) is 0 Å². The van der Waals surface area contributed by atoms with Crippen molar-refractivity contribution in [1.82, 2.24) is 0 Å². The van der Waals surface area contributed by atoms with Crippen LogP contribution in [0.5, 0.6) is 0 Å². The standard InChI is InChI=1S/C9H15N/c1-8(2)7-9(3)5-4-6-10/h4-8,10H,1-3H3/b5-4-,9-7-,10-6?. The lowest BCUT2D eigenvalue weighted by molar-refractivity contribution is 0.825. The molecule has 10 heavy (non-hydrogen) atoms. The van der Waals surface area contributed by atoms with Crippen molar-refractivity contribution in [2.45, 2.75) is 20.8 Å². The summed E-state index contributed by atoms with van der Waals surface area (Å²) in [6.45, 7) is 6.32. The van der Waals surface area contributed by atoms with Crippen molar-refractivity contribution >= 4 is 6.21 Å². The van der Waals surface area contributed by atoms with Crippen molar-refractivity contribution in [1.29, 1.82) is 5.41 Å². The van der Waals surface area contributed by atoms with Crippen LogP contribution in [0.2, 0.25) is 0 Å². The number of allylic oxidation sites excluding steroid dienone is 4. The molecule has 0 aliphatic carbocycles. The van der Waals surface area contributed by atoms with Crippen LogP contribution in [0.1, 0.15) is 20.8 Å². The number of nitrogens with one attached hydrogen (secondary N) is 1. The Morgan fingerprint density at radius 3 is 2.40 bits per heavy atom. The third-order valence-electron chi connectivity index (χ3n) is 1.05. The molecule has 0 aliphatic rings. The minimum Gasteiger partial charge on any atom is -0.309 e. The molecule has 0 amide bonds. The summed E-state index contributed by atoms with van der Waals surface area (Å²) in [6, 6.07) is 0. The molecule has 0 rings (SSSR count). The van der Waals surface area contributed by atoms with Crippen molar-refractivity contribution < 1.29 is 0 Å². The van der Waals surface area contributed by atoms with E-state index in [4.69, 9.17) is 5.41 Å². The minimum absolute atomic E-state index is 0.593. The Morgan fingerprint density at radius 2 is 2.00 bits per heavy atom. The van der Waals surface area contributed by atoms with Gasteiger partial charge in [0.15, 0.2) is 0 Å². The van der Waals surface area contributed by atoms with Gasteiger partial charge in [-0.15, -0.1) is 0 Å². The van der Waals surface area contributed by atoms with Gasteiger partial charge in [0.2, 0.25) is 0 Å². The summed E-state index contributed by atoms with van der Waals surface area (Å²) in [7, 11) is 0. The fourth-order valence-electron chi connectivity index (χ4n) is 0.781. The van der Waals surface area contributed by atoms with Crippen LogP contribution in [-0.2, 0) is 0 Å². The molecule has 1 N–H and O–H groups in total. The molecular weight excluding hydrogens is 122 g/mol. The molecule has 0 radical (unpaired) electrons. The zero-order valence-corrected chi connectivity index (χ0v) is 6.89. The van der Waals surface area contributed by atoms with E-state index in [1.165, 1.54) is 11.8 Å². The molecule has 0 bridgehead atoms. The van der Waals surface area contributed by atoms with Crippen molar-refractivity contribution in [2.24, 2.45) is 5.92 Å². The predicted molar refractivity (Wildman–Crippen MR) is 46.5 cm³/mol. The van der Waals surface area contributed by atoms with Gasteiger partial charge < -0.3 is 5.41 Å². The second kappa shape index (κ2) is 4.98.